The van der Waals surface area contributed by atoms with Crippen LogP contribution >= 0.6 is 0 Å². The molecule has 1 aromatic carbocycles. The number of carbonyl (C=O) groups excluding carboxylic acids is 1. The van der Waals surface area contributed by atoms with Crippen molar-refractivity contribution in [2.75, 3.05) is 32.6 Å². The molecule has 4 rings (SSSR count). The zero-order valence-electron chi connectivity index (χ0n) is 20.4. The highest BCUT2D eigenvalue weighted by atomic mass is 16.5. The normalized spacial score (nSPS) is 10.8. The SMILES string of the molecule is COc1ccc(OC)c(-c2cc(C(=O)NCCNc3cc(-n4cnc(C)c4C)ncn3)n(C)n2)c1. The summed E-state index contributed by atoms with van der Waals surface area (Å²) >= 11 is 0. The molecule has 11 nitrogen and oxygen atoms in total. The number of nitrogens with one attached hydrogen (secondary N) is 2. The van der Waals surface area contributed by atoms with Gasteiger partial charge in [-0.3, -0.25) is 14.0 Å². The first kappa shape index (κ1) is 23.7. The van der Waals surface area contributed by atoms with Crippen LogP contribution in [0.5, 0.6) is 11.5 Å². The van der Waals surface area contributed by atoms with E-state index in [9.17, 15) is 4.79 Å². The third kappa shape index (κ3) is 5.08. The van der Waals surface area contributed by atoms with E-state index < -0.39 is 0 Å². The lowest BCUT2D eigenvalue weighted by Crippen LogP contribution is -2.30. The summed E-state index contributed by atoms with van der Waals surface area (Å²) in [6.07, 6.45) is 3.23. The molecule has 0 unspecified atom stereocenters. The molecular formula is C24H28N8O3. The van der Waals surface area contributed by atoms with Gasteiger partial charge in [0.25, 0.3) is 5.91 Å². The van der Waals surface area contributed by atoms with Gasteiger partial charge in [-0.15, -0.1) is 0 Å². The zero-order valence-corrected chi connectivity index (χ0v) is 20.4. The Labute approximate surface area is 203 Å². The second-order valence-corrected chi connectivity index (χ2v) is 7.83. The summed E-state index contributed by atoms with van der Waals surface area (Å²) in [6, 6.07) is 9.01. The van der Waals surface area contributed by atoms with E-state index in [1.807, 2.05) is 42.7 Å². The average molecular weight is 477 g/mol. The Morgan fingerprint density at radius 2 is 1.86 bits per heavy atom. The smallest absolute Gasteiger partial charge is 0.269 e. The van der Waals surface area contributed by atoms with Crippen LogP contribution in [0.3, 0.4) is 0 Å². The molecule has 1 amide bonds. The fraction of sp³-hybridized carbons (Fsp3) is 0.292. The van der Waals surface area contributed by atoms with Crippen LogP contribution in [0.15, 0.2) is 43.0 Å². The van der Waals surface area contributed by atoms with Gasteiger partial charge < -0.3 is 20.1 Å². The van der Waals surface area contributed by atoms with E-state index in [4.69, 9.17) is 9.47 Å². The maximum Gasteiger partial charge on any atom is 0.269 e. The Morgan fingerprint density at radius 1 is 1.03 bits per heavy atom. The highest BCUT2D eigenvalue weighted by Gasteiger charge is 2.17. The molecule has 0 aliphatic rings. The third-order valence-corrected chi connectivity index (χ3v) is 5.66. The Kier molecular flexibility index (Phi) is 6.95. The van der Waals surface area contributed by atoms with Crippen molar-refractivity contribution < 1.29 is 14.3 Å². The van der Waals surface area contributed by atoms with Crippen LogP contribution in [-0.2, 0) is 7.05 Å². The highest BCUT2D eigenvalue weighted by molar-refractivity contribution is 5.94. The van der Waals surface area contributed by atoms with Crippen molar-refractivity contribution in [3.8, 4) is 28.6 Å². The third-order valence-electron chi connectivity index (χ3n) is 5.66. The van der Waals surface area contributed by atoms with Crippen LogP contribution in [0.1, 0.15) is 21.9 Å². The quantitative estimate of drug-likeness (QED) is 0.354. The fourth-order valence-corrected chi connectivity index (χ4v) is 3.59. The van der Waals surface area contributed by atoms with Gasteiger partial charge in [-0.05, 0) is 38.1 Å². The Hall–Kier alpha value is -4.41. The summed E-state index contributed by atoms with van der Waals surface area (Å²) in [6.45, 7) is 4.82. The van der Waals surface area contributed by atoms with Crippen LogP contribution in [0.25, 0.3) is 17.1 Å². The van der Waals surface area contributed by atoms with Crippen molar-refractivity contribution in [1.82, 2.24) is 34.6 Å². The Bertz CT molecular complexity index is 1340. The largest absolute Gasteiger partial charge is 0.497 e. The number of rotatable bonds is 9. The van der Waals surface area contributed by atoms with Crippen LogP contribution in [0, 0.1) is 13.8 Å². The lowest BCUT2D eigenvalue weighted by molar-refractivity contribution is 0.0945. The first-order chi connectivity index (χ1) is 16.9. The van der Waals surface area contributed by atoms with E-state index in [1.165, 1.54) is 6.33 Å². The topological polar surface area (TPSA) is 121 Å². The molecule has 182 valence electrons. The van der Waals surface area contributed by atoms with Gasteiger partial charge in [0.15, 0.2) is 0 Å². The second kappa shape index (κ2) is 10.2. The standard InChI is InChI=1S/C24H28N8O3/c1-15-16(2)32(14-29-15)23-12-22(27-13-28-23)25-8-9-26-24(33)20-11-19(30-31(20)3)18-10-17(34-4)6-7-21(18)35-5/h6-7,10-14H,8-9H2,1-5H3,(H,26,33)(H,25,27,28). The van der Waals surface area contributed by atoms with Crippen molar-refractivity contribution >= 4 is 11.7 Å². The maximum absolute atomic E-state index is 12.8. The number of benzene rings is 1. The monoisotopic (exact) mass is 476 g/mol. The molecule has 0 fully saturated rings. The molecule has 0 aliphatic heterocycles. The number of aromatic nitrogens is 6. The molecule has 0 radical (unpaired) electrons. The average Bonchev–Trinajstić information content (AvgIpc) is 3.43. The Morgan fingerprint density at radius 3 is 2.57 bits per heavy atom. The van der Waals surface area contributed by atoms with Gasteiger partial charge in [0, 0.05) is 37.5 Å². The second-order valence-electron chi connectivity index (χ2n) is 7.83. The number of imidazole rings is 1. The summed E-state index contributed by atoms with van der Waals surface area (Å²) in [7, 11) is 4.91. The van der Waals surface area contributed by atoms with E-state index in [-0.39, 0.29) is 5.91 Å². The lowest BCUT2D eigenvalue weighted by Gasteiger charge is -2.09. The molecule has 0 saturated carbocycles. The number of aryl methyl sites for hydroxylation is 2. The predicted molar refractivity (Wildman–Crippen MR) is 131 cm³/mol. The van der Waals surface area contributed by atoms with Crippen LogP contribution in [0.4, 0.5) is 5.82 Å². The zero-order chi connectivity index (χ0) is 24.9. The summed E-state index contributed by atoms with van der Waals surface area (Å²) in [5, 5.41) is 10.6. The van der Waals surface area contributed by atoms with Gasteiger partial charge in [0.05, 0.1) is 25.6 Å². The molecule has 3 heterocycles. The molecule has 0 aliphatic carbocycles. The molecule has 0 atom stereocenters. The predicted octanol–water partition coefficient (Wildman–Crippen LogP) is 2.54. The van der Waals surface area contributed by atoms with Crippen molar-refractivity contribution in [3.63, 3.8) is 0 Å². The van der Waals surface area contributed by atoms with Crippen molar-refractivity contribution in [2.45, 2.75) is 13.8 Å². The van der Waals surface area contributed by atoms with E-state index in [1.54, 1.807) is 38.3 Å². The van der Waals surface area contributed by atoms with E-state index in [0.717, 1.165) is 22.8 Å². The first-order valence-corrected chi connectivity index (χ1v) is 11.0. The van der Waals surface area contributed by atoms with Crippen molar-refractivity contribution in [1.29, 1.82) is 0 Å². The molecule has 3 aromatic heterocycles. The van der Waals surface area contributed by atoms with E-state index in [0.29, 0.717) is 41.8 Å². The molecular weight excluding hydrogens is 448 g/mol. The minimum Gasteiger partial charge on any atom is -0.497 e. The number of nitrogens with zero attached hydrogens (tertiary/aromatic N) is 6. The summed E-state index contributed by atoms with van der Waals surface area (Å²) in [5.74, 6) is 2.46. The number of anilines is 1. The van der Waals surface area contributed by atoms with Crippen LogP contribution in [0.2, 0.25) is 0 Å². The minimum atomic E-state index is -0.234. The summed E-state index contributed by atoms with van der Waals surface area (Å²) in [5.41, 5.74) is 3.75. The molecule has 4 aromatic rings. The Balaban J connectivity index is 1.38. The number of hydrogen-bond donors (Lipinski definition) is 2. The maximum atomic E-state index is 12.8. The molecule has 11 heteroatoms. The molecule has 0 saturated heterocycles. The van der Waals surface area contributed by atoms with Crippen molar-refractivity contribution in [3.05, 3.63) is 60.1 Å². The molecule has 0 bridgehead atoms. The summed E-state index contributed by atoms with van der Waals surface area (Å²) < 4.78 is 14.2. The van der Waals surface area contributed by atoms with Crippen molar-refractivity contribution in [2.24, 2.45) is 7.05 Å². The molecule has 0 spiro atoms. The first-order valence-electron chi connectivity index (χ1n) is 11.0. The van der Waals surface area contributed by atoms with Gasteiger partial charge >= 0.3 is 0 Å². The van der Waals surface area contributed by atoms with Crippen LogP contribution < -0.4 is 20.1 Å². The van der Waals surface area contributed by atoms with Gasteiger partial charge in [-0.1, -0.05) is 0 Å². The number of hydrogen-bond acceptors (Lipinski definition) is 8. The van der Waals surface area contributed by atoms with E-state index in [2.05, 4.69) is 30.7 Å². The van der Waals surface area contributed by atoms with Gasteiger partial charge in [-0.25, -0.2) is 15.0 Å². The summed E-state index contributed by atoms with van der Waals surface area (Å²) in [4.78, 5) is 25.7. The number of carbonyl (C=O) groups is 1. The number of amides is 1. The lowest BCUT2D eigenvalue weighted by atomic mass is 10.1. The number of ether oxygens (including phenoxy) is 2. The van der Waals surface area contributed by atoms with Crippen LogP contribution in [-0.4, -0.2) is 62.5 Å². The highest BCUT2D eigenvalue weighted by Crippen LogP contribution is 2.32. The molecule has 35 heavy (non-hydrogen) atoms. The fourth-order valence-electron chi connectivity index (χ4n) is 3.59. The van der Waals surface area contributed by atoms with E-state index >= 15 is 0 Å². The molecule has 2 N–H and O–H groups in total. The minimum absolute atomic E-state index is 0.234. The van der Waals surface area contributed by atoms with Gasteiger partial charge in [-0.2, -0.15) is 5.10 Å². The van der Waals surface area contributed by atoms with Gasteiger partial charge in [0.1, 0.15) is 41.5 Å². The van der Waals surface area contributed by atoms with Gasteiger partial charge in [0.2, 0.25) is 0 Å². The number of methoxy groups -OCH3 is 2.